The molecule has 0 heterocycles. The number of aliphatic hydroxyl groups excluding tert-OH is 1. The quantitative estimate of drug-likeness (QED) is 0.807. The fraction of sp³-hybridized carbons (Fsp3) is 0.632. The van der Waals surface area contributed by atoms with Crippen molar-refractivity contribution < 1.29 is 14.6 Å². The van der Waals surface area contributed by atoms with E-state index in [4.69, 9.17) is 4.74 Å². The molecule has 0 aromatic heterocycles. The van der Waals surface area contributed by atoms with Gasteiger partial charge < -0.3 is 20.1 Å². The van der Waals surface area contributed by atoms with Gasteiger partial charge in [0.2, 0.25) is 0 Å². The third-order valence-electron chi connectivity index (χ3n) is 5.85. The van der Waals surface area contributed by atoms with Crippen molar-refractivity contribution in [3.05, 3.63) is 29.8 Å². The third-order valence-corrected chi connectivity index (χ3v) is 5.85. The lowest BCUT2D eigenvalue weighted by Crippen LogP contribution is -2.48. The van der Waals surface area contributed by atoms with Crippen LogP contribution in [0.2, 0.25) is 0 Å². The largest absolute Gasteiger partial charge is 0.497 e. The van der Waals surface area contributed by atoms with Crippen LogP contribution >= 0.6 is 0 Å². The smallest absolute Gasteiger partial charge is 0.317 e. The van der Waals surface area contributed by atoms with Gasteiger partial charge in [0.15, 0.2) is 0 Å². The minimum absolute atomic E-state index is 0.107. The van der Waals surface area contributed by atoms with E-state index in [1.807, 2.05) is 24.3 Å². The van der Waals surface area contributed by atoms with Crippen LogP contribution in [0, 0.1) is 11.3 Å². The van der Waals surface area contributed by atoms with E-state index >= 15 is 0 Å². The molecule has 2 fully saturated rings. The summed E-state index contributed by atoms with van der Waals surface area (Å²) in [5.41, 5.74) is 1.25. The Morgan fingerprint density at radius 3 is 2.50 bits per heavy atom. The van der Waals surface area contributed by atoms with Gasteiger partial charge in [-0.3, -0.25) is 0 Å². The minimum Gasteiger partial charge on any atom is -0.497 e. The van der Waals surface area contributed by atoms with Gasteiger partial charge in [0.25, 0.3) is 0 Å². The molecule has 2 N–H and O–H groups in total. The highest BCUT2D eigenvalue weighted by Gasteiger charge is 2.49. The molecule has 2 aliphatic rings. The van der Waals surface area contributed by atoms with Crippen molar-refractivity contribution in [1.82, 2.24) is 10.2 Å². The first-order chi connectivity index (χ1) is 11.6. The van der Waals surface area contributed by atoms with Gasteiger partial charge in [0.05, 0.1) is 19.8 Å². The van der Waals surface area contributed by atoms with Gasteiger partial charge in [-0.1, -0.05) is 18.6 Å². The molecular formula is C19H28N2O3. The average molecular weight is 332 g/mol. The van der Waals surface area contributed by atoms with Gasteiger partial charge in [-0.05, 0) is 54.7 Å². The number of methoxy groups -OCH3 is 1. The highest BCUT2D eigenvalue weighted by atomic mass is 16.5. The zero-order valence-electron chi connectivity index (χ0n) is 14.6. The summed E-state index contributed by atoms with van der Waals surface area (Å²) in [6.45, 7) is 0.658. The Balaban J connectivity index is 1.59. The molecule has 5 heteroatoms. The SMILES string of the molecule is COc1ccc(C(CO)N(C)C(=O)NCC2(C3CC3)CCC2)cc1. The van der Waals surface area contributed by atoms with Gasteiger partial charge in [-0.15, -0.1) is 0 Å². The van der Waals surface area contributed by atoms with Crippen LogP contribution in [-0.2, 0) is 0 Å². The van der Waals surface area contributed by atoms with E-state index in [1.165, 1.54) is 32.1 Å². The summed E-state index contributed by atoms with van der Waals surface area (Å²) in [5.74, 6) is 1.57. The van der Waals surface area contributed by atoms with E-state index in [1.54, 1.807) is 19.1 Å². The van der Waals surface area contributed by atoms with Crippen molar-refractivity contribution >= 4 is 6.03 Å². The number of carbonyl (C=O) groups is 1. The van der Waals surface area contributed by atoms with Crippen LogP contribution < -0.4 is 10.1 Å². The van der Waals surface area contributed by atoms with E-state index in [9.17, 15) is 9.90 Å². The van der Waals surface area contributed by atoms with Crippen molar-refractivity contribution in [2.75, 3.05) is 27.3 Å². The fourth-order valence-corrected chi connectivity index (χ4v) is 3.85. The highest BCUT2D eigenvalue weighted by Crippen LogP contribution is 2.56. The van der Waals surface area contributed by atoms with Crippen LogP contribution in [0.1, 0.15) is 43.7 Å². The fourth-order valence-electron chi connectivity index (χ4n) is 3.85. The number of ether oxygens (including phenoxy) is 1. The summed E-state index contributed by atoms with van der Waals surface area (Å²) >= 11 is 0. The van der Waals surface area contributed by atoms with Crippen molar-refractivity contribution in [3.63, 3.8) is 0 Å². The number of carbonyl (C=O) groups excluding carboxylic acids is 1. The second kappa shape index (κ2) is 7.01. The van der Waals surface area contributed by atoms with Crippen molar-refractivity contribution in [1.29, 1.82) is 0 Å². The molecule has 0 spiro atoms. The molecule has 2 saturated carbocycles. The van der Waals surface area contributed by atoms with Gasteiger partial charge in [0, 0.05) is 13.6 Å². The molecule has 0 bridgehead atoms. The Kier molecular flexibility index (Phi) is 4.99. The van der Waals surface area contributed by atoms with Crippen LogP contribution in [0.5, 0.6) is 5.75 Å². The van der Waals surface area contributed by atoms with Gasteiger partial charge in [0.1, 0.15) is 5.75 Å². The number of amides is 2. The molecule has 2 aliphatic carbocycles. The molecule has 0 saturated heterocycles. The summed E-state index contributed by atoms with van der Waals surface area (Å²) in [5, 5.41) is 12.9. The van der Waals surface area contributed by atoms with E-state index in [-0.39, 0.29) is 18.7 Å². The summed E-state index contributed by atoms with van der Waals surface area (Å²) in [6, 6.07) is 7.01. The van der Waals surface area contributed by atoms with E-state index in [0.29, 0.717) is 5.41 Å². The summed E-state index contributed by atoms with van der Waals surface area (Å²) in [7, 11) is 3.36. The molecule has 24 heavy (non-hydrogen) atoms. The second-order valence-electron chi connectivity index (χ2n) is 7.23. The molecule has 132 valence electrons. The first kappa shape index (κ1) is 17.1. The summed E-state index contributed by atoms with van der Waals surface area (Å²) < 4.78 is 5.16. The van der Waals surface area contributed by atoms with Crippen LogP contribution in [0.25, 0.3) is 0 Å². The molecule has 0 aliphatic heterocycles. The Labute approximate surface area is 144 Å². The number of hydrogen-bond donors (Lipinski definition) is 2. The molecule has 2 amide bonds. The Hall–Kier alpha value is -1.75. The zero-order chi connectivity index (χ0) is 17.2. The number of urea groups is 1. The molecule has 1 aromatic carbocycles. The number of nitrogens with zero attached hydrogens (tertiary/aromatic N) is 1. The molecule has 1 aromatic rings. The lowest BCUT2D eigenvalue weighted by molar-refractivity contribution is 0.0943. The van der Waals surface area contributed by atoms with Gasteiger partial charge in [-0.2, -0.15) is 0 Å². The summed E-state index contributed by atoms with van der Waals surface area (Å²) in [6.07, 6.45) is 6.40. The Morgan fingerprint density at radius 1 is 1.38 bits per heavy atom. The second-order valence-corrected chi connectivity index (χ2v) is 7.23. The molecule has 1 atom stereocenters. The van der Waals surface area contributed by atoms with Crippen molar-refractivity contribution in [2.45, 2.75) is 38.1 Å². The molecular weight excluding hydrogens is 304 g/mol. The standard InChI is InChI=1S/C19H28N2O3/c1-21(17(12-22)14-4-8-16(24-2)9-5-14)18(23)20-13-19(10-3-11-19)15-6-7-15/h4-5,8-9,15,17,22H,3,6-7,10-13H2,1-2H3,(H,20,23). The van der Waals surface area contributed by atoms with E-state index < -0.39 is 0 Å². The van der Waals surface area contributed by atoms with Gasteiger partial charge >= 0.3 is 6.03 Å². The molecule has 0 radical (unpaired) electrons. The molecule has 3 rings (SSSR count). The average Bonchev–Trinajstić information content (AvgIpc) is 3.40. The number of aliphatic hydroxyl groups is 1. The van der Waals surface area contributed by atoms with Crippen molar-refractivity contribution in [3.8, 4) is 5.75 Å². The van der Waals surface area contributed by atoms with Gasteiger partial charge in [-0.25, -0.2) is 4.79 Å². The lowest BCUT2D eigenvalue weighted by atomic mass is 9.65. The lowest BCUT2D eigenvalue weighted by Gasteiger charge is -2.43. The van der Waals surface area contributed by atoms with E-state index in [0.717, 1.165) is 23.8 Å². The highest BCUT2D eigenvalue weighted by molar-refractivity contribution is 5.74. The zero-order valence-corrected chi connectivity index (χ0v) is 14.6. The van der Waals surface area contributed by atoms with E-state index in [2.05, 4.69) is 5.32 Å². The van der Waals surface area contributed by atoms with Crippen LogP contribution in [0.3, 0.4) is 0 Å². The van der Waals surface area contributed by atoms with Crippen molar-refractivity contribution in [2.24, 2.45) is 11.3 Å². The van der Waals surface area contributed by atoms with Crippen LogP contribution in [0.15, 0.2) is 24.3 Å². The first-order valence-electron chi connectivity index (χ1n) is 8.85. The molecule has 5 nitrogen and oxygen atoms in total. The first-order valence-corrected chi connectivity index (χ1v) is 8.85. The van der Waals surface area contributed by atoms with Crippen LogP contribution in [0.4, 0.5) is 4.79 Å². The summed E-state index contributed by atoms with van der Waals surface area (Å²) in [4.78, 5) is 14.1. The minimum atomic E-state index is -0.353. The maximum atomic E-state index is 12.5. The third kappa shape index (κ3) is 3.36. The predicted octanol–water partition coefficient (Wildman–Crippen LogP) is 2.95. The topological polar surface area (TPSA) is 61.8 Å². The van der Waals surface area contributed by atoms with Crippen LogP contribution in [-0.4, -0.2) is 43.3 Å². The number of nitrogens with one attached hydrogen (secondary N) is 1. The number of benzene rings is 1. The Bertz CT molecular complexity index is 564. The predicted molar refractivity (Wildman–Crippen MR) is 93.0 cm³/mol. The maximum absolute atomic E-state index is 12.5. The normalized spacial score (nSPS) is 20.0. The maximum Gasteiger partial charge on any atom is 0.317 e. The number of likely N-dealkylation sites (N-methyl/N-ethyl adjacent to an activating group) is 1. The molecule has 1 unspecified atom stereocenters. The monoisotopic (exact) mass is 332 g/mol. The number of hydrogen-bond acceptors (Lipinski definition) is 3. The number of rotatable bonds is 7. The Morgan fingerprint density at radius 2 is 2.04 bits per heavy atom.